The predicted molar refractivity (Wildman–Crippen MR) is 77.8 cm³/mol. The molecule has 0 aliphatic heterocycles. The molecule has 3 rings (SSSR count). The molecule has 102 valence electrons. The van der Waals surface area contributed by atoms with Crippen molar-refractivity contribution in [3.05, 3.63) is 54.4 Å². The molecule has 0 amide bonds. The number of aliphatic hydroxyl groups is 1. The van der Waals surface area contributed by atoms with E-state index in [4.69, 9.17) is 4.74 Å². The van der Waals surface area contributed by atoms with Crippen LogP contribution in [0.5, 0.6) is 5.75 Å². The second-order valence-corrected chi connectivity index (χ2v) is 4.68. The summed E-state index contributed by atoms with van der Waals surface area (Å²) >= 11 is 0. The first kappa shape index (κ1) is 12.7. The third-order valence-electron chi connectivity index (χ3n) is 3.33. The number of nitrogens with zero attached hydrogens (tertiary/aromatic N) is 2. The highest BCUT2D eigenvalue weighted by Gasteiger charge is 2.17. The number of fused-ring (bicyclic) bond motifs is 1. The lowest BCUT2D eigenvalue weighted by molar-refractivity contribution is 0.194. The van der Waals surface area contributed by atoms with E-state index in [0.29, 0.717) is 0 Å². The minimum atomic E-state index is -0.593. The minimum absolute atomic E-state index is 0.593. The number of pyridine rings is 1. The van der Waals surface area contributed by atoms with Gasteiger partial charge < -0.3 is 14.2 Å². The van der Waals surface area contributed by atoms with Crippen LogP contribution < -0.4 is 4.74 Å². The Morgan fingerprint density at radius 2 is 1.90 bits per heavy atom. The molecule has 0 spiro atoms. The van der Waals surface area contributed by atoms with E-state index >= 15 is 0 Å². The molecule has 3 aromatic rings. The zero-order chi connectivity index (χ0) is 14.1. The molecule has 0 radical (unpaired) electrons. The Morgan fingerprint density at radius 1 is 1.15 bits per heavy atom. The molecule has 1 unspecified atom stereocenters. The van der Waals surface area contributed by atoms with Crippen LogP contribution in [0.15, 0.2) is 48.7 Å². The van der Waals surface area contributed by atoms with Crippen LogP contribution in [0.1, 0.15) is 18.7 Å². The summed E-state index contributed by atoms with van der Waals surface area (Å²) in [6.07, 6.45) is 1.32. The van der Waals surface area contributed by atoms with E-state index in [9.17, 15) is 5.11 Å². The van der Waals surface area contributed by atoms with Gasteiger partial charge in [-0.3, -0.25) is 0 Å². The van der Waals surface area contributed by atoms with Crippen LogP contribution >= 0.6 is 0 Å². The van der Waals surface area contributed by atoms with Gasteiger partial charge in [0.15, 0.2) is 0 Å². The minimum Gasteiger partial charge on any atom is -0.497 e. The zero-order valence-electron chi connectivity index (χ0n) is 11.4. The fourth-order valence-corrected chi connectivity index (χ4v) is 2.38. The Kier molecular flexibility index (Phi) is 3.16. The van der Waals surface area contributed by atoms with Crippen LogP contribution in [0.2, 0.25) is 0 Å². The zero-order valence-corrected chi connectivity index (χ0v) is 11.4. The van der Waals surface area contributed by atoms with Gasteiger partial charge in [-0.1, -0.05) is 6.07 Å². The van der Waals surface area contributed by atoms with E-state index in [1.54, 1.807) is 14.0 Å². The van der Waals surface area contributed by atoms with E-state index in [1.165, 1.54) is 0 Å². The molecule has 0 fully saturated rings. The highest BCUT2D eigenvalue weighted by Crippen LogP contribution is 2.29. The molecular formula is C16H16N2O2. The van der Waals surface area contributed by atoms with Crippen LogP contribution in [-0.2, 0) is 0 Å². The standard InChI is InChI=1S/C16H16N2O2/c1-11(19)16-15(12-6-8-13(20-2)9-7-12)17-14-5-3-4-10-18(14)16/h3-11,19H,1-2H3. The van der Waals surface area contributed by atoms with Crippen molar-refractivity contribution < 1.29 is 9.84 Å². The van der Waals surface area contributed by atoms with Gasteiger partial charge in [-0.15, -0.1) is 0 Å². The van der Waals surface area contributed by atoms with Gasteiger partial charge in [0.2, 0.25) is 0 Å². The maximum atomic E-state index is 10.1. The lowest BCUT2D eigenvalue weighted by Gasteiger charge is -2.08. The van der Waals surface area contributed by atoms with E-state index in [1.807, 2.05) is 53.1 Å². The molecule has 1 N–H and O–H groups in total. The second kappa shape index (κ2) is 4.98. The molecule has 0 saturated heterocycles. The number of methoxy groups -OCH3 is 1. The van der Waals surface area contributed by atoms with Crippen molar-refractivity contribution in [1.82, 2.24) is 9.38 Å². The highest BCUT2D eigenvalue weighted by molar-refractivity contribution is 5.67. The molecule has 4 nitrogen and oxygen atoms in total. The van der Waals surface area contributed by atoms with Crippen LogP contribution in [0.3, 0.4) is 0 Å². The molecular weight excluding hydrogens is 252 g/mol. The fourth-order valence-electron chi connectivity index (χ4n) is 2.38. The Hall–Kier alpha value is -2.33. The summed E-state index contributed by atoms with van der Waals surface area (Å²) in [5.41, 5.74) is 3.39. The van der Waals surface area contributed by atoms with Crippen molar-refractivity contribution in [2.45, 2.75) is 13.0 Å². The highest BCUT2D eigenvalue weighted by atomic mass is 16.5. The number of aromatic nitrogens is 2. The number of imidazole rings is 1. The average molecular weight is 268 g/mol. The molecule has 1 atom stereocenters. The van der Waals surface area contributed by atoms with Crippen molar-refractivity contribution in [3.63, 3.8) is 0 Å². The van der Waals surface area contributed by atoms with E-state index in [0.717, 1.165) is 28.3 Å². The van der Waals surface area contributed by atoms with Crippen molar-refractivity contribution in [2.24, 2.45) is 0 Å². The molecule has 0 aliphatic carbocycles. The van der Waals surface area contributed by atoms with Gasteiger partial charge in [0.05, 0.1) is 24.6 Å². The largest absolute Gasteiger partial charge is 0.497 e. The molecule has 0 aliphatic rings. The van der Waals surface area contributed by atoms with Gasteiger partial charge in [0, 0.05) is 11.8 Å². The number of rotatable bonds is 3. The van der Waals surface area contributed by atoms with Crippen molar-refractivity contribution in [3.8, 4) is 17.0 Å². The second-order valence-electron chi connectivity index (χ2n) is 4.68. The molecule has 2 heterocycles. The summed E-state index contributed by atoms with van der Waals surface area (Å²) in [6, 6.07) is 13.5. The molecule has 4 heteroatoms. The predicted octanol–water partition coefficient (Wildman–Crippen LogP) is 3.06. The van der Waals surface area contributed by atoms with Crippen molar-refractivity contribution in [2.75, 3.05) is 7.11 Å². The first-order valence-corrected chi connectivity index (χ1v) is 6.50. The van der Waals surface area contributed by atoms with E-state index < -0.39 is 6.10 Å². The van der Waals surface area contributed by atoms with Gasteiger partial charge in [0.1, 0.15) is 11.4 Å². The van der Waals surface area contributed by atoms with Crippen molar-refractivity contribution in [1.29, 1.82) is 0 Å². The van der Waals surface area contributed by atoms with Gasteiger partial charge >= 0.3 is 0 Å². The summed E-state index contributed by atoms with van der Waals surface area (Å²) in [5.74, 6) is 0.802. The normalized spacial score (nSPS) is 12.6. The molecule has 1 aromatic carbocycles. The molecule has 2 aromatic heterocycles. The SMILES string of the molecule is COc1ccc(-c2nc3ccccn3c2C(C)O)cc1. The van der Waals surface area contributed by atoms with Crippen LogP contribution in [0, 0.1) is 0 Å². The van der Waals surface area contributed by atoms with Gasteiger partial charge in [-0.05, 0) is 43.3 Å². The molecule has 20 heavy (non-hydrogen) atoms. The fraction of sp³-hybridized carbons (Fsp3) is 0.188. The van der Waals surface area contributed by atoms with Crippen molar-refractivity contribution >= 4 is 5.65 Å². The third-order valence-corrected chi connectivity index (χ3v) is 3.33. The Bertz CT molecular complexity index is 730. The van der Waals surface area contributed by atoms with Crippen LogP contribution in [-0.4, -0.2) is 21.6 Å². The average Bonchev–Trinajstić information content (AvgIpc) is 2.86. The third kappa shape index (κ3) is 2.04. The topological polar surface area (TPSA) is 46.8 Å². The lowest BCUT2D eigenvalue weighted by Crippen LogP contribution is -1.99. The number of ether oxygens (including phenoxy) is 1. The monoisotopic (exact) mass is 268 g/mol. The Balaban J connectivity index is 2.21. The first-order chi connectivity index (χ1) is 9.70. The quantitative estimate of drug-likeness (QED) is 0.794. The van der Waals surface area contributed by atoms with Crippen LogP contribution in [0.4, 0.5) is 0 Å². The summed E-state index contributed by atoms with van der Waals surface area (Å²) in [5, 5.41) is 10.1. The maximum Gasteiger partial charge on any atom is 0.137 e. The van der Waals surface area contributed by atoms with Crippen LogP contribution in [0.25, 0.3) is 16.9 Å². The number of hydrogen-bond donors (Lipinski definition) is 1. The van der Waals surface area contributed by atoms with E-state index in [-0.39, 0.29) is 0 Å². The number of benzene rings is 1. The number of aliphatic hydroxyl groups excluding tert-OH is 1. The summed E-state index contributed by atoms with van der Waals surface area (Å²) < 4.78 is 7.09. The Labute approximate surface area is 117 Å². The summed E-state index contributed by atoms with van der Waals surface area (Å²) in [7, 11) is 1.64. The first-order valence-electron chi connectivity index (χ1n) is 6.50. The van der Waals surface area contributed by atoms with Gasteiger partial charge in [-0.2, -0.15) is 0 Å². The summed E-state index contributed by atoms with van der Waals surface area (Å²) in [6.45, 7) is 1.75. The molecule has 0 saturated carbocycles. The molecule has 0 bridgehead atoms. The summed E-state index contributed by atoms with van der Waals surface area (Å²) in [4.78, 5) is 4.62. The van der Waals surface area contributed by atoms with Gasteiger partial charge in [-0.25, -0.2) is 4.98 Å². The Morgan fingerprint density at radius 3 is 2.55 bits per heavy atom. The smallest absolute Gasteiger partial charge is 0.137 e. The number of hydrogen-bond acceptors (Lipinski definition) is 3. The van der Waals surface area contributed by atoms with E-state index in [2.05, 4.69) is 4.98 Å². The maximum absolute atomic E-state index is 10.1. The van der Waals surface area contributed by atoms with Gasteiger partial charge in [0.25, 0.3) is 0 Å². The lowest BCUT2D eigenvalue weighted by atomic mass is 10.1.